The molecule has 1 aromatic rings. The summed E-state index contributed by atoms with van der Waals surface area (Å²) >= 11 is 0. The van der Waals surface area contributed by atoms with Crippen molar-refractivity contribution in [3.63, 3.8) is 0 Å². The molecule has 9 heavy (non-hydrogen) atoms. The fourth-order valence-electron chi connectivity index (χ4n) is 0.602. The third kappa shape index (κ3) is 1.28. The first-order chi connectivity index (χ1) is 4.11. The molecule has 1 N–H and O–H groups in total. The summed E-state index contributed by atoms with van der Waals surface area (Å²) in [5, 5.41) is 6.67. The number of H-pyrrole nitrogens is 1. The van der Waals surface area contributed by atoms with E-state index in [1.165, 1.54) is 0 Å². The monoisotopic (exact) mass is 126 g/mol. The van der Waals surface area contributed by atoms with E-state index in [0.29, 0.717) is 0 Å². The lowest BCUT2D eigenvalue weighted by Crippen LogP contribution is -2.51. The molecule has 0 fully saturated rings. The summed E-state index contributed by atoms with van der Waals surface area (Å²) in [5.74, 6) is 0. The molecule has 0 spiro atoms. The second kappa shape index (κ2) is 1.83. The molecule has 0 radical (unpaired) electrons. The van der Waals surface area contributed by atoms with Crippen LogP contribution in [-0.4, -0.2) is 10.3 Å². The largest absolute Gasteiger partial charge is 0.206 e. The van der Waals surface area contributed by atoms with Crippen molar-refractivity contribution in [1.29, 1.82) is 0 Å². The lowest BCUT2D eigenvalue weighted by molar-refractivity contribution is -0.805. The highest BCUT2D eigenvalue weighted by molar-refractivity contribution is 4.54. The van der Waals surface area contributed by atoms with Gasteiger partial charge in [0.25, 0.3) is 0 Å². The van der Waals surface area contributed by atoms with Gasteiger partial charge < -0.3 is 0 Å². The summed E-state index contributed by atoms with van der Waals surface area (Å²) in [7, 11) is 0. The molecule has 1 rings (SSSR count). The molecular weight excluding hydrogens is 114 g/mol. The number of aromatic nitrogens is 3. The number of nitrogens with zero attached hydrogens (tertiary/aromatic N) is 2. The van der Waals surface area contributed by atoms with Gasteiger partial charge in [-0.2, -0.15) is 4.68 Å². The van der Waals surface area contributed by atoms with Gasteiger partial charge in [-0.3, -0.25) is 0 Å². The van der Waals surface area contributed by atoms with E-state index < -0.39 is 0 Å². The molecule has 3 nitrogen and oxygen atoms in total. The second-order valence-corrected chi connectivity index (χ2v) is 3.07. The van der Waals surface area contributed by atoms with Crippen LogP contribution in [0.15, 0.2) is 12.4 Å². The van der Waals surface area contributed by atoms with Crippen LogP contribution < -0.4 is 4.68 Å². The van der Waals surface area contributed by atoms with Crippen LogP contribution in [0.2, 0.25) is 0 Å². The van der Waals surface area contributed by atoms with E-state index in [1.54, 1.807) is 6.20 Å². The van der Waals surface area contributed by atoms with Gasteiger partial charge in [0.2, 0.25) is 6.20 Å². The van der Waals surface area contributed by atoms with Gasteiger partial charge in [0.05, 0.1) is 0 Å². The fraction of sp³-hybridized carbons (Fsp3) is 0.667. The molecule has 50 valence electrons. The first kappa shape index (κ1) is 6.26. The van der Waals surface area contributed by atoms with Gasteiger partial charge in [0.1, 0.15) is 5.54 Å². The Morgan fingerprint density at radius 2 is 2.11 bits per heavy atom. The Balaban J connectivity index is 2.90. The lowest BCUT2D eigenvalue weighted by atomic mass is 10.1. The SMILES string of the molecule is CC(C)(C)[n+]1ccn[nH]1. The Bertz CT molecular complexity index is 171. The number of aromatic amines is 1. The minimum Gasteiger partial charge on any atom is -0.158 e. The minimum atomic E-state index is 0.122. The Kier molecular flexibility index (Phi) is 1.27. The van der Waals surface area contributed by atoms with Crippen LogP contribution >= 0.6 is 0 Å². The van der Waals surface area contributed by atoms with Crippen molar-refractivity contribution in [2.45, 2.75) is 26.3 Å². The predicted octanol–water partition coefficient (Wildman–Crippen LogP) is 0.452. The van der Waals surface area contributed by atoms with Crippen LogP contribution in [0.4, 0.5) is 0 Å². The Hall–Kier alpha value is -0.860. The van der Waals surface area contributed by atoms with Crippen LogP contribution in [0.25, 0.3) is 0 Å². The van der Waals surface area contributed by atoms with Crippen LogP contribution in [0, 0.1) is 0 Å². The maximum atomic E-state index is 3.83. The van der Waals surface area contributed by atoms with E-state index in [9.17, 15) is 0 Å². The molecule has 0 saturated carbocycles. The van der Waals surface area contributed by atoms with Crippen molar-refractivity contribution in [3.8, 4) is 0 Å². The highest BCUT2D eigenvalue weighted by Crippen LogP contribution is 1.99. The molecular formula is C6H12N3+. The van der Waals surface area contributed by atoms with Gasteiger partial charge in [-0.05, 0) is 20.8 Å². The average Bonchev–Trinajstić information content (AvgIpc) is 2.08. The van der Waals surface area contributed by atoms with Crippen molar-refractivity contribution >= 4 is 0 Å². The van der Waals surface area contributed by atoms with Crippen LogP contribution in [0.1, 0.15) is 20.8 Å². The molecule has 1 aromatic heterocycles. The number of hydrogen-bond donors (Lipinski definition) is 1. The molecule has 1 heterocycles. The van der Waals surface area contributed by atoms with Crippen molar-refractivity contribution in [2.75, 3.05) is 0 Å². The van der Waals surface area contributed by atoms with Crippen LogP contribution in [0.5, 0.6) is 0 Å². The van der Waals surface area contributed by atoms with Gasteiger partial charge >= 0.3 is 0 Å². The zero-order chi connectivity index (χ0) is 6.91. The summed E-state index contributed by atoms with van der Waals surface area (Å²) in [6.07, 6.45) is 3.66. The summed E-state index contributed by atoms with van der Waals surface area (Å²) in [5.41, 5.74) is 0.122. The zero-order valence-corrected chi connectivity index (χ0v) is 6.05. The van der Waals surface area contributed by atoms with E-state index in [0.717, 1.165) is 0 Å². The van der Waals surface area contributed by atoms with Crippen molar-refractivity contribution in [3.05, 3.63) is 12.4 Å². The van der Waals surface area contributed by atoms with Gasteiger partial charge in [0.15, 0.2) is 6.20 Å². The Labute approximate surface area is 54.7 Å². The average molecular weight is 126 g/mol. The van der Waals surface area contributed by atoms with Crippen molar-refractivity contribution in [1.82, 2.24) is 10.3 Å². The molecule has 3 heteroatoms. The summed E-state index contributed by atoms with van der Waals surface area (Å²) in [6, 6.07) is 0. The van der Waals surface area contributed by atoms with Gasteiger partial charge in [-0.25, -0.2) is 0 Å². The van der Waals surface area contributed by atoms with Crippen LogP contribution in [-0.2, 0) is 5.54 Å². The van der Waals surface area contributed by atoms with Gasteiger partial charge in [-0.1, -0.05) is 5.21 Å². The van der Waals surface area contributed by atoms with Crippen molar-refractivity contribution < 1.29 is 4.68 Å². The van der Waals surface area contributed by atoms with E-state index >= 15 is 0 Å². The van der Waals surface area contributed by atoms with Crippen LogP contribution in [0.3, 0.4) is 0 Å². The highest BCUT2D eigenvalue weighted by atomic mass is 15.4. The minimum absolute atomic E-state index is 0.122. The molecule has 0 aliphatic heterocycles. The third-order valence-corrected chi connectivity index (χ3v) is 1.18. The molecule has 0 bridgehead atoms. The highest BCUT2D eigenvalue weighted by Gasteiger charge is 2.17. The normalized spacial score (nSPS) is 11.9. The molecule has 0 amide bonds. The lowest BCUT2D eigenvalue weighted by Gasteiger charge is -2.11. The van der Waals surface area contributed by atoms with Gasteiger partial charge in [0, 0.05) is 5.10 Å². The number of rotatable bonds is 0. The number of nitrogens with one attached hydrogen (secondary N) is 1. The first-order valence-corrected chi connectivity index (χ1v) is 3.02. The molecule has 0 unspecified atom stereocenters. The molecule has 0 aliphatic rings. The third-order valence-electron chi connectivity index (χ3n) is 1.18. The van der Waals surface area contributed by atoms with E-state index in [4.69, 9.17) is 0 Å². The molecule has 0 atom stereocenters. The summed E-state index contributed by atoms with van der Waals surface area (Å²) in [6.45, 7) is 6.35. The predicted molar refractivity (Wildman–Crippen MR) is 33.8 cm³/mol. The summed E-state index contributed by atoms with van der Waals surface area (Å²) < 4.78 is 1.95. The topological polar surface area (TPSA) is 32.6 Å². The van der Waals surface area contributed by atoms with E-state index in [1.807, 2.05) is 10.9 Å². The van der Waals surface area contributed by atoms with E-state index in [2.05, 4.69) is 31.1 Å². The maximum absolute atomic E-state index is 3.83. The Morgan fingerprint density at radius 1 is 1.44 bits per heavy atom. The maximum Gasteiger partial charge on any atom is 0.206 e. The fourth-order valence-corrected chi connectivity index (χ4v) is 0.602. The first-order valence-electron chi connectivity index (χ1n) is 3.02. The molecule has 0 saturated heterocycles. The quantitative estimate of drug-likeness (QED) is 0.503. The number of hydrogen-bond acceptors (Lipinski definition) is 1. The standard InChI is InChI=1S/C6H11N3/c1-6(2,3)9-5-4-7-8-9/h4-5H,1-3H3/p+1. The Morgan fingerprint density at radius 3 is 2.33 bits per heavy atom. The van der Waals surface area contributed by atoms with E-state index in [-0.39, 0.29) is 5.54 Å². The summed E-state index contributed by atoms with van der Waals surface area (Å²) in [4.78, 5) is 0. The zero-order valence-electron chi connectivity index (χ0n) is 6.05. The molecule has 0 aliphatic carbocycles. The van der Waals surface area contributed by atoms with Gasteiger partial charge in [-0.15, -0.1) is 0 Å². The van der Waals surface area contributed by atoms with Crippen molar-refractivity contribution in [2.24, 2.45) is 0 Å². The smallest absolute Gasteiger partial charge is 0.158 e. The second-order valence-electron chi connectivity index (χ2n) is 3.07. The molecule has 0 aromatic carbocycles.